The molecule has 2 atom stereocenters. The lowest BCUT2D eigenvalue weighted by Crippen LogP contribution is -1.81. The Labute approximate surface area is 39.8 Å². The van der Waals surface area contributed by atoms with Gasteiger partial charge in [-0.15, -0.1) is 0 Å². The predicted octanol–water partition coefficient (Wildman–Crippen LogP) is 1.64. The Hall–Kier alpha value is 0.860. The topological polar surface area (TPSA) is 0 Å². The van der Waals surface area contributed by atoms with Crippen LogP contribution >= 0.6 is 15.8 Å². The largest absolute Gasteiger partial charge is 0.0894 e. The monoisotopic (exact) mass is 116 g/mol. The molecule has 0 aromatic rings. The normalized spacial score (nSPS) is 80.0. The lowest BCUT2D eigenvalue weighted by Gasteiger charge is -2.04. The second kappa shape index (κ2) is 0.550. The van der Waals surface area contributed by atoms with E-state index in [1.165, 1.54) is 4.90 Å². The highest BCUT2D eigenvalue weighted by Crippen LogP contribution is 3.07. The first-order valence-electron chi connectivity index (χ1n) is 2.42. The zero-order valence-electron chi connectivity index (χ0n) is 3.52. The Morgan fingerprint density at radius 1 is 1.17 bits per heavy atom. The van der Waals surface area contributed by atoms with Crippen LogP contribution in [0, 0.1) is 0 Å². The van der Waals surface area contributed by atoms with E-state index in [-0.39, 0.29) is 0 Å². The van der Waals surface area contributed by atoms with Crippen molar-refractivity contribution < 1.29 is 0 Å². The van der Waals surface area contributed by atoms with Gasteiger partial charge >= 0.3 is 0 Å². The summed E-state index contributed by atoms with van der Waals surface area (Å²) in [6, 6.07) is 0. The summed E-state index contributed by atoms with van der Waals surface area (Å²) in [5.41, 5.74) is 0. The minimum absolute atomic E-state index is 0.770. The second-order valence-corrected chi connectivity index (χ2v) is 8.51. The molecule has 1 spiro atoms. The maximum Gasteiger partial charge on any atom is 0.0192 e. The van der Waals surface area contributed by atoms with Crippen LogP contribution in [0.15, 0.2) is 0 Å². The molecule has 0 nitrogen and oxygen atoms in total. The molecule has 0 bridgehead atoms. The summed E-state index contributed by atoms with van der Waals surface area (Å²) in [6.45, 7) is 0. The van der Waals surface area contributed by atoms with Gasteiger partial charge in [0.2, 0.25) is 0 Å². The molecule has 32 valence electrons. The van der Waals surface area contributed by atoms with Crippen molar-refractivity contribution in [2.45, 2.75) is 4.90 Å². The fourth-order valence-electron chi connectivity index (χ4n) is 1.48. The SMILES string of the molecule is C1P2CC23CP13. The summed E-state index contributed by atoms with van der Waals surface area (Å²) >= 11 is 0. The lowest BCUT2D eigenvalue weighted by atomic mass is 10.6. The van der Waals surface area contributed by atoms with Gasteiger partial charge in [-0.1, -0.05) is 15.8 Å². The van der Waals surface area contributed by atoms with Gasteiger partial charge in [0.05, 0.1) is 0 Å². The van der Waals surface area contributed by atoms with Gasteiger partial charge in [0.1, 0.15) is 0 Å². The average Bonchev–Trinajstić information content (AvgIpc) is 2.31. The lowest BCUT2D eigenvalue weighted by molar-refractivity contribution is 1.30. The molecule has 3 saturated heterocycles. The number of rotatable bonds is 0. The highest BCUT2D eigenvalue weighted by molar-refractivity contribution is 8.06. The van der Waals surface area contributed by atoms with Crippen molar-refractivity contribution in [3.8, 4) is 0 Å². The van der Waals surface area contributed by atoms with Crippen LogP contribution in [-0.2, 0) is 0 Å². The molecule has 3 heterocycles. The molecular weight excluding hydrogens is 110 g/mol. The molecular formula is C4H6P2. The Kier molecular flexibility index (Phi) is 0.275. The molecule has 3 fully saturated rings. The summed E-state index contributed by atoms with van der Waals surface area (Å²) in [7, 11) is 1.54. The van der Waals surface area contributed by atoms with Gasteiger partial charge in [-0.05, 0) is 18.2 Å². The minimum Gasteiger partial charge on any atom is -0.0894 e. The van der Waals surface area contributed by atoms with Crippen molar-refractivity contribution in [1.82, 2.24) is 0 Å². The van der Waals surface area contributed by atoms with E-state index in [9.17, 15) is 0 Å². The van der Waals surface area contributed by atoms with Crippen molar-refractivity contribution in [2.75, 3.05) is 18.2 Å². The van der Waals surface area contributed by atoms with E-state index in [1.54, 1.807) is 18.2 Å². The predicted molar refractivity (Wildman–Crippen MR) is 31.2 cm³/mol. The number of hydrogen-bond donors (Lipinski definition) is 0. The van der Waals surface area contributed by atoms with Gasteiger partial charge < -0.3 is 0 Å². The third-order valence-electron chi connectivity index (χ3n) is 2.20. The standard InChI is InChI=1S/C4H6P2/c1-4-2-6(4)3-5(1)4/h1-3H2. The molecule has 0 amide bonds. The Morgan fingerprint density at radius 3 is 1.83 bits per heavy atom. The van der Waals surface area contributed by atoms with Crippen molar-refractivity contribution >= 4 is 15.8 Å². The van der Waals surface area contributed by atoms with Crippen molar-refractivity contribution in [2.24, 2.45) is 0 Å². The van der Waals surface area contributed by atoms with Gasteiger partial charge in [0, 0.05) is 4.90 Å². The molecule has 0 aromatic carbocycles. The van der Waals surface area contributed by atoms with E-state index in [0.29, 0.717) is 0 Å². The molecule has 0 saturated carbocycles. The Bertz CT molecular complexity index is 103. The first-order valence-corrected chi connectivity index (χ1v) is 5.84. The maximum atomic E-state index is 1.74. The average molecular weight is 116 g/mol. The Morgan fingerprint density at radius 2 is 1.83 bits per heavy atom. The van der Waals surface area contributed by atoms with Crippen LogP contribution in [-0.4, -0.2) is 23.1 Å². The molecule has 3 aliphatic heterocycles. The zero-order valence-corrected chi connectivity index (χ0v) is 5.30. The summed E-state index contributed by atoms with van der Waals surface area (Å²) in [6.07, 6.45) is 3.43. The van der Waals surface area contributed by atoms with Crippen LogP contribution in [0.5, 0.6) is 0 Å². The van der Waals surface area contributed by atoms with Crippen molar-refractivity contribution in [3.63, 3.8) is 0 Å². The van der Waals surface area contributed by atoms with Crippen LogP contribution in [0.25, 0.3) is 0 Å². The molecule has 6 heavy (non-hydrogen) atoms. The summed E-state index contributed by atoms with van der Waals surface area (Å²) in [5, 5.41) is 0. The van der Waals surface area contributed by atoms with Crippen LogP contribution in [0.1, 0.15) is 0 Å². The van der Waals surface area contributed by atoms with E-state index in [1.807, 2.05) is 0 Å². The molecule has 0 radical (unpaired) electrons. The van der Waals surface area contributed by atoms with E-state index < -0.39 is 0 Å². The molecule has 0 aliphatic carbocycles. The van der Waals surface area contributed by atoms with Gasteiger partial charge in [-0.25, -0.2) is 0 Å². The molecule has 3 aliphatic rings. The first kappa shape index (κ1) is 3.00. The summed E-state index contributed by atoms with van der Waals surface area (Å²) < 4.78 is 0. The number of hydrogen-bond acceptors (Lipinski definition) is 0. The van der Waals surface area contributed by atoms with E-state index in [0.717, 1.165) is 15.8 Å². The van der Waals surface area contributed by atoms with E-state index >= 15 is 0 Å². The first-order chi connectivity index (χ1) is 2.92. The smallest absolute Gasteiger partial charge is 0.0192 e. The van der Waals surface area contributed by atoms with Crippen molar-refractivity contribution in [1.29, 1.82) is 0 Å². The van der Waals surface area contributed by atoms with Gasteiger partial charge in [0.15, 0.2) is 0 Å². The third-order valence-corrected chi connectivity index (χ3v) is 11.2. The van der Waals surface area contributed by atoms with Crippen molar-refractivity contribution in [3.05, 3.63) is 0 Å². The van der Waals surface area contributed by atoms with Gasteiger partial charge in [-0.3, -0.25) is 0 Å². The molecule has 0 N–H and O–H groups in total. The highest BCUT2D eigenvalue weighted by Gasteiger charge is 2.78. The second-order valence-electron chi connectivity index (χ2n) is 2.52. The fourth-order valence-corrected chi connectivity index (χ4v) is 11.7. The highest BCUT2D eigenvalue weighted by atomic mass is 31.2. The Balaban J connectivity index is 2.26. The van der Waals surface area contributed by atoms with Crippen LogP contribution in [0.4, 0.5) is 0 Å². The molecule has 3 rings (SSSR count). The molecule has 2 unspecified atom stereocenters. The van der Waals surface area contributed by atoms with Gasteiger partial charge in [-0.2, -0.15) is 0 Å². The van der Waals surface area contributed by atoms with Crippen LogP contribution < -0.4 is 0 Å². The van der Waals surface area contributed by atoms with Crippen LogP contribution in [0.2, 0.25) is 0 Å². The zero-order chi connectivity index (χ0) is 3.78. The van der Waals surface area contributed by atoms with Crippen LogP contribution in [0.3, 0.4) is 0 Å². The maximum absolute atomic E-state index is 1.74. The summed E-state index contributed by atoms with van der Waals surface area (Å²) in [4.78, 5) is 1.19. The van der Waals surface area contributed by atoms with E-state index in [2.05, 4.69) is 0 Å². The van der Waals surface area contributed by atoms with Gasteiger partial charge in [0.25, 0.3) is 0 Å². The molecule has 0 aromatic heterocycles. The quantitative estimate of drug-likeness (QED) is 0.422. The fraction of sp³-hybridized carbons (Fsp3) is 1.00. The third kappa shape index (κ3) is 0.139. The summed E-state index contributed by atoms with van der Waals surface area (Å²) in [5.74, 6) is 1.74. The van der Waals surface area contributed by atoms with E-state index in [4.69, 9.17) is 0 Å². The molecule has 2 heteroatoms. The minimum atomic E-state index is 0.770.